The number of benzene rings is 3. The molecule has 4 rings (SSSR count). The van der Waals surface area contributed by atoms with E-state index in [0.29, 0.717) is 41.0 Å². The molecule has 10 heteroatoms. The van der Waals surface area contributed by atoms with Crippen molar-refractivity contribution in [1.29, 1.82) is 0 Å². The van der Waals surface area contributed by atoms with Gasteiger partial charge in [-0.1, -0.05) is 60.1 Å². The highest BCUT2D eigenvalue weighted by atomic mass is 35.5. The molecule has 0 aliphatic heterocycles. The van der Waals surface area contributed by atoms with Crippen molar-refractivity contribution in [2.45, 2.75) is 59.1 Å². The number of aromatic nitrogens is 1. The van der Waals surface area contributed by atoms with Crippen LogP contribution in [0.15, 0.2) is 72.8 Å². The van der Waals surface area contributed by atoms with E-state index in [4.69, 9.17) is 21.1 Å². The summed E-state index contributed by atoms with van der Waals surface area (Å²) in [6.07, 6.45) is -4.38. The summed E-state index contributed by atoms with van der Waals surface area (Å²) < 4.78 is 50.1. The number of esters is 1. The molecule has 0 N–H and O–H groups in total. The number of thiazole rings is 1. The van der Waals surface area contributed by atoms with Crippen molar-refractivity contribution in [3.05, 3.63) is 105 Å². The molecule has 0 aliphatic carbocycles. The van der Waals surface area contributed by atoms with Crippen molar-refractivity contribution < 1.29 is 27.4 Å². The maximum absolute atomic E-state index is 13.0. The fourth-order valence-electron chi connectivity index (χ4n) is 4.32. The zero-order valence-electron chi connectivity index (χ0n) is 23.8. The van der Waals surface area contributed by atoms with Crippen LogP contribution < -0.4 is 4.74 Å². The van der Waals surface area contributed by atoms with E-state index in [2.05, 4.69) is 22.0 Å². The van der Waals surface area contributed by atoms with Crippen LogP contribution in [0.1, 0.15) is 48.0 Å². The first-order valence-corrected chi connectivity index (χ1v) is 14.6. The standard InChI is InChI=1S/C32H32ClF3N2O3S/c1-5-40-30(39)31(3,4)41-27-16-11-23(17-26(27)33)19-38(18-22-9-7-6-8-10-22)20-28-21(2)37-29(42-28)24-12-14-25(15-13-24)32(34,35)36/h6-17H,5,18-20H2,1-4H3. The second kappa shape index (κ2) is 13.3. The van der Waals surface area contributed by atoms with E-state index in [1.54, 1.807) is 26.8 Å². The normalized spacial score (nSPS) is 12.0. The molecule has 42 heavy (non-hydrogen) atoms. The van der Waals surface area contributed by atoms with Crippen molar-refractivity contribution in [2.75, 3.05) is 6.61 Å². The molecule has 0 saturated heterocycles. The fraction of sp³-hybridized carbons (Fsp3) is 0.312. The Balaban J connectivity index is 1.55. The van der Waals surface area contributed by atoms with Gasteiger partial charge in [0.15, 0.2) is 5.60 Å². The first kappa shape index (κ1) is 31.5. The van der Waals surface area contributed by atoms with Crippen LogP contribution in [0.4, 0.5) is 13.2 Å². The number of hydrogen-bond acceptors (Lipinski definition) is 6. The summed E-state index contributed by atoms with van der Waals surface area (Å²) >= 11 is 8.05. The topological polar surface area (TPSA) is 51.7 Å². The summed E-state index contributed by atoms with van der Waals surface area (Å²) in [6.45, 7) is 8.95. The molecule has 0 amide bonds. The van der Waals surface area contributed by atoms with E-state index < -0.39 is 23.3 Å². The largest absolute Gasteiger partial charge is 0.475 e. The third kappa shape index (κ3) is 8.12. The predicted molar refractivity (Wildman–Crippen MR) is 159 cm³/mol. The highest BCUT2D eigenvalue weighted by molar-refractivity contribution is 7.15. The quantitative estimate of drug-likeness (QED) is 0.158. The van der Waals surface area contributed by atoms with Crippen LogP contribution in [-0.4, -0.2) is 28.1 Å². The van der Waals surface area contributed by atoms with Crippen molar-refractivity contribution >= 4 is 28.9 Å². The zero-order chi connectivity index (χ0) is 30.5. The van der Waals surface area contributed by atoms with Gasteiger partial charge in [0.05, 0.1) is 22.9 Å². The van der Waals surface area contributed by atoms with Crippen molar-refractivity contribution in [3.63, 3.8) is 0 Å². The molecule has 0 spiro atoms. The van der Waals surface area contributed by atoms with E-state index in [1.165, 1.54) is 23.5 Å². The molecule has 0 atom stereocenters. The summed E-state index contributed by atoms with van der Waals surface area (Å²) in [4.78, 5) is 20.2. The summed E-state index contributed by atoms with van der Waals surface area (Å²) in [6, 6.07) is 20.6. The highest BCUT2D eigenvalue weighted by Gasteiger charge is 2.32. The van der Waals surface area contributed by atoms with Crippen molar-refractivity contribution in [3.8, 4) is 16.3 Å². The summed E-state index contributed by atoms with van der Waals surface area (Å²) in [7, 11) is 0. The minimum absolute atomic E-state index is 0.251. The molecular formula is C32H32ClF3N2O3S. The number of rotatable bonds is 11. The number of hydrogen-bond donors (Lipinski definition) is 0. The Morgan fingerprint density at radius 1 is 0.952 bits per heavy atom. The SMILES string of the molecule is CCOC(=O)C(C)(C)Oc1ccc(CN(Cc2ccccc2)Cc2sc(-c3ccc(C(F)(F)F)cc3)nc2C)cc1Cl. The molecule has 0 unspecified atom stereocenters. The lowest BCUT2D eigenvalue weighted by molar-refractivity contribution is -0.158. The van der Waals surface area contributed by atoms with Crippen LogP contribution in [0, 0.1) is 6.92 Å². The van der Waals surface area contributed by atoms with Crippen molar-refractivity contribution in [1.82, 2.24) is 9.88 Å². The van der Waals surface area contributed by atoms with Crippen LogP contribution in [0.25, 0.3) is 10.6 Å². The molecule has 0 radical (unpaired) electrons. The molecule has 5 nitrogen and oxygen atoms in total. The third-order valence-corrected chi connectivity index (χ3v) is 7.99. The van der Waals surface area contributed by atoms with E-state index >= 15 is 0 Å². The molecule has 0 fully saturated rings. The number of nitrogens with zero attached hydrogens (tertiary/aromatic N) is 2. The summed E-state index contributed by atoms with van der Waals surface area (Å²) in [5.41, 5.74) is 1.66. The van der Waals surface area contributed by atoms with Gasteiger partial charge in [0.1, 0.15) is 10.8 Å². The Hall–Kier alpha value is -3.40. The maximum atomic E-state index is 13.0. The average Bonchev–Trinajstić information content (AvgIpc) is 3.30. The predicted octanol–water partition coefficient (Wildman–Crippen LogP) is 8.71. The first-order chi connectivity index (χ1) is 19.9. The fourth-order valence-corrected chi connectivity index (χ4v) is 5.67. The Morgan fingerprint density at radius 3 is 2.24 bits per heavy atom. The molecule has 0 aliphatic rings. The van der Waals surface area contributed by atoms with E-state index in [0.717, 1.165) is 33.8 Å². The van der Waals surface area contributed by atoms with Crippen LogP contribution in [0.3, 0.4) is 0 Å². The van der Waals surface area contributed by atoms with Crippen molar-refractivity contribution in [2.24, 2.45) is 0 Å². The van der Waals surface area contributed by atoms with E-state index in [1.807, 2.05) is 37.3 Å². The minimum Gasteiger partial charge on any atom is -0.475 e. The molecule has 0 saturated carbocycles. The number of alkyl halides is 3. The number of carbonyl (C=O) groups is 1. The molecular weight excluding hydrogens is 585 g/mol. The molecule has 1 heterocycles. The number of halogens is 4. The first-order valence-electron chi connectivity index (χ1n) is 13.4. The van der Waals surface area contributed by atoms with Crippen LogP contribution in [-0.2, 0) is 35.3 Å². The van der Waals surface area contributed by atoms with Gasteiger partial charge < -0.3 is 9.47 Å². The lowest BCUT2D eigenvalue weighted by Crippen LogP contribution is -2.39. The van der Waals surface area contributed by atoms with E-state index in [9.17, 15) is 18.0 Å². The summed E-state index contributed by atoms with van der Waals surface area (Å²) in [5, 5.41) is 1.05. The van der Waals surface area contributed by atoms with Gasteiger partial charge in [-0.05, 0) is 63.1 Å². The smallest absolute Gasteiger partial charge is 0.416 e. The maximum Gasteiger partial charge on any atom is 0.416 e. The Morgan fingerprint density at radius 2 is 1.62 bits per heavy atom. The Labute approximate surface area is 252 Å². The number of aryl methyl sites for hydroxylation is 1. The average molecular weight is 617 g/mol. The lowest BCUT2D eigenvalue weighted by atomic mass is 10.1. The Bertz CT molecular complexity index is 1510. The van der Waals surface area contributed by atoms with Gasteiger partial charge in [-0.2, -0.15) is 13.2 Å². The van der Waals surface area contributed by atoms with Crippen LogP contribution >= 0.6 is 22.9 Å². The van der Waals surface area contributed by atoms with Gasteiger partial charge in [0.25, 0.3) is 0 Å². The van der Waals surface area contributed by atoms with E-state index in [-0.39, 0.29) is 6.61 Å². The van der Waals surface area contributed by atoms with Gasteiger partial charge in [0.2, 0.25) is 0 Å². The second-order valence-electron chi connectivity index (χ2n) is 10.3. The molecule has 4 aromatic rings. The molecule has 3 aromatic carbocycles. The van der Waals surface area contributed by atoms with Gasteiger partial charge in [-0.3, -0.25) is 4.90 Å². The zero-order valence-corrected chi connectivity index (χ0v) is 25.4. The minimum atomic E-state index is -4.38. The van der Waals surface area contributed by atoms with Crippen LogP contribution in [0.2, 0.25) is 5.02 Å². The number of ether oxygens (including phenoxy) is 2. The highest BCUT2D eigenvalue weighted by Crippen LogP contribution is 2.34. The van der Waals surface area contributed by atoms with Gasteiger partial charge >= 0.3 is 12.1 Å². The second-order valence-corrected chi connectivity index (χ2v) is 11.8. The third-order valence-electron chi connectivity index (χ3n) is 6.50. The van der Waals surface area contributed by atoms with Gasteiger partial charge in [-0.25, -0.2) is 9.78 Å². The molecule has 1 aromatic heterocycles. The van der Waals surface area contributed by atoms with Gasteiger partial charge in [-0.15, -0.1) is 11.3 Å². The van der Waals surface area contributed by atoms with Crippen LogP contribution in [0.5, 0.6) is 5.75 Å². The molecule has 222 valence electrons. The monoisotopic (exact) mass is 616 g/mol. The summed E-state index contributed by atoms with van der Waals surface area (Å²) in [5.74, 6) is -0.0951. The van der Waals surface area contributed by atoms with Gasteiger partial charge in [0, 0.05) is 30.1 Å². The number of carbonyl (C=O) groups excluding carboxylic acids is 1. The molecule has 0 bridgehead atoms. The lowest BCUT2D eigenvalue weighted by Gasteiger charge is -2.25. The Kier molecular flexibility index (Phi) is 9.97.